The quantitative estimate of drug-likeness (QED) is 0.480. The number of hydrogen-bond acceptors (Lipinski definition) is 5. The molecule has 0 aliphatic carbocycles. The van der Waals surface area contributed by atoms with E-state index in [9.17, 15) is 9.90 Å². The van der Waals surface area contributed by atoms with Crippen molar-refractivity contribution in [3.05, 3.63) is 0 Å². The number of ether oxygens (including phenoxy) is 2. The molecule has 0 aliphatic rings. The molecule has 0 atom stereocenters. The van der Waals surface area contributed by atoms with Crippen LogP contribution in [-0.4, -0.2) is 55.5 Å². The zero-order valence-corrected chi connectivity index (χ0v) is 14.1. The maximum absolute atomic E-state index is 11.8. The molecule has 2 N–H and O–H groups in total. The number of aliphatic hydroxyl groups is 1. The second kappa shape index (κ2) is 12.1. The van der Waals surface area contributed by atoms with Gasteiger partial charge in [-0.25, -0.2) is 0 Å². The van der Waals surface area contributed by atoms with Gasteiger partial charge in [-0.1, -0.05) is 27.7 Å². The van der Waals surface area contributed by atoms with Crippen LogP contribution in [0.15, 0.2) is 0 Å². The SMILES string of the molecule is CCC(CC)NCCOCCOCC(=O)C(O)(CC)CC. The zero-order chi connectivity index (χ0) is 16.1. The van der Waals surface area contributed by atoms with Gasteiger partial charge < -0.3 is 19.9 Å². The summed E-state index contributed by atoms with van der Waals surface area (Å²) in [4.78, 5) is 11.8. The topological polar surface area (TPSA) is 67.8 Å². The Labute approximate surface area is 129 Å². The van der Waals surface area contributed by atoms with E-state index in [-0.39, 0.29) is 12.4 Å². The predicted octanol–water partition coefficient (Wildman–Crippen LogP) is 1.92. The molecular formula is C16H33NO4. The summed E-state index contributed by atoms with van der Waals surface area (Å²) in [7, 11) is 0. The molecule has 0 radical (unpaired) electrons. The highest BCUT2D eigenvalue weighted by molar-refractivity contribution is 5.88. The molecule has 0 unspecified atom stereocenters. The van der Waals surface area contributed by atoms with Crippen molar-refractivity contribution in [2.24, 2.45) is 0 Å². The molecule has 0 fully saturated rings. The molecule has 5 nitrogen and oxygen atoms in total. The normalized spacial score (nSPS) is 12.1. The third-order valence-corrected chi connectivity index (χ3v) is 3.96. The van der Waals surface area contributed by atoms with Crippen molar-refractivity contribution in [2.45, 2.75) is 65.0 Å². The lowest BCUT2D eigenvalue weighted by Gasteiger charge is -2.23. The third-order valence-electron chi connectivity index (χ3n) is 3.96. The van der Waals surface area contributed by atoms with Gasteiger partial charge in [-0.2, -0.15) is 0 Å². The predicted molar refractivity (Wildman–Crippen MR) is 84.5 cm³/mol. The summed E-state index contributed by atoms with van der Waals surface area (Å²) < 4.78 is 10.7. The minimum absolute atomic E-state index is 0.0481. The molecule has 21 heavy (non-hydrogen) atoms. The molecule has 0 aromatic heterocycles. The second-order valence-electron chi connectivity index (χ2n) is 5.29. The number of ketones is 1. The summed E-state index contributed by atoms with van der Waals surface area (Å²) in [5.41, 5.74) is -1.24. The van der Waals surface area contributed by atoms with Gasteiger partial charge in [0.15, 0.2) is 5.78 Å². The first-order chi connectivity index (χ1) is 10.0. The van der Waals surface area contributed by atoms with E-state index in [4.69, 9.17) is 9.47 Å². The number of Topliss-reactive ketones (excluding diaryl/α,β-unsaturated/α-hetero) is 1. The molecule has 0 rings (SSSR count). The van der Waals surface area contributed by atoms with Gasteiger partial charge in [0, 0.05) is 12.6 Å². The largest absolute Gasteiger partial charge is 0.382 e. The van der Waals surface area contributed by atoms with Crippen LogP contribution < -0.4 is 5.32 Å². The van der Waals surface area contributed by atoms with Crippen molar-refractivity contribution >= 4 is 5.78 Å². The molecule has 126 valence electrons. The van der Waals surface area contributed by atoms with Crippen molar-refractivity contribution in [1.82, 2.24) is 5.32 Å². The molecule has 0 heterocycles. The van der Waals surface area contributed by atoms with Crippen LogP contribution in [0.2, 0.25) is 0 Å². The van der Waals surface area contributed by atoms with Gasteiger partial charge in [0.05, 0.1) is 19.8 Å². The Morgan fingerprint density at radius 1 is 1.05 bits per heavy atom. The van der Waals surface area contributed by atoms with Crippen LogP contribution in [0.25, 0.3) is 0 Å². The fraction of sp³-hybridized carbons (Fsp3) is 0.938. The van der Waals surface area contributed by atoms with E-state index in [1.165, 1.54) is 0 Å². The minimum Gasteiger partial charge on any atom is -0.382 e. The number of nitrogens with one attached hydrogen (secondary N) is 1. The van der Waals surface area contributed by atoms with Gasteiger partial charge in [0.2, 0.25) is 0 Å². The van der Waals surface area contributed by atoms with Gasteiger partial charge >= 0.3 is 0 Å². The Bertz CT molecular complexity index is 263. The van der Waals surface area contributed by atoms with E-state index in [0.29, 0.717) is 38.7 Å². The molecule has 0 bridgehead atoms. The van der Waals surface area contributed by atoms with Gasteiger partial charge in [-0.15, -0.1) is 0 Å². The van der Waals surface area contributed by atoms with Crippen LogP contribution in [0.4, 0.5) is 0 Å². The molecule has 0 aromatic rings. The summed E-state index contributed by atoms with van der Waals surface area (Å²) >= 11 is 0. The first kappa shape index (κ1) is 20.5. The molecule has 5 heteroatoms. The van der Waals surface area contributed by atoms with E-state index in [0.717, 1.165) is 19.4 Å². The Balaban J connectivity index is 3.54. The third kappa shape index (κ3) is 8.51. The first-order valence-electron chi connectivity index (χ1n) is 8.18. The first-order valence-corrected chi connectivity index (χ1v) is 8.18. The van der Waals surface area contributed by atoms with Crippen LogP contribution in [0, 0.1) is 0 Å². The summed E-state index contributed by atoms with van der Waals surface area (Å²) in [5, 5.41) is 13.4. The maximum atomic E-state index is 11.8. The number of hydrogen-bond donors (Lipinski definition) is 2. The molecule has 0 saturated carbocycles. The monoisotopic (exact) mass is 303 g/mol. The lowest BCUT2D eigenvalue weighted by atomic mass is 9.93. The lowest BCUT2D eigenvalue weighted by molar-refractivity contribution is -0.143. The van der Waals surface area contributed by atoms with E-state index < -0.39 is 5.60 Å². The Morgan fingerprint density at radius 2 is 1.62 bits per heavy atom. The number of carbonyl (C=O) groups excluding carboxylic acids is 1. The summed E-state index contributed by atoms with van der Waals surface area (Å²) in [6.45, 7) is 10.2. The minimum atomic E-state index is -1.24. The summed E-state index contributed by atoms with van der Waals surface area (Å²) in [6, 6.07) is 0.559. The summed E-state index contributed by atoms with van der Waals surface area (Å²) in [6.07, 6.45) is 3.09. The van der Waals surface area contributed by atoms with Crippen molar-refractivity contribution < 1.29 is 19.4 Å². The van der Waals surface area contributed by atoms with Crippen molar-refractivity contribution in [1.29, 1.82) is 0 Å². The van der Waals surface area contributed by atoms with Crippen LogP contribution >= 0.6 is 0 Å². The molecule has 0 spiro atoms. The van der Waals surface area contributed by atoms with E-state index >= 15 is 0 Å². The van der Waals surface area contributed by atoms with E-state index in [1.807, 2.05) is 0 Å². The Kier molecular flexibility index (Phi) is 11.8. The fourth-order valence-corrected chi connectivity index (χ4v) is 2.08. The van der Waals surface area contributed by atoms with Gasteiger partial charge in [0.1, 0.15) is 12.2 Å². The highest BCUT2D eigenvalue weighted by Gasteiger charge is 2.31. The average Bonchev–Trinajstić information content (AvgIpc) is 2.52. The van der Waals surface area contributed by atoms with Gasteiger partial charge in [0.25, 0.3) is 0 Å². The van der Waals surface area contributed by atoms with Crippen LogP contribution in [0.3, 0.4) is 0 Å². The van der Waals surface area contributed by atoms with Gasteiger partial charge in [-0.05, 0) is 25.7 Å². The Morgan fingerprint density at radius 3 is 2.14 bits per heavy atom. The molecule has 0 aliphatic heterocycles. The van der Waals surface area contributed by atoms with Crippen LogP contribution in [0.5, 0.6) is 0 Å². The maximum Gasteiger partial charge on any atom is 0.189 e. The molecular weight excluding hydrogens is 270 g/mol. The van der Waals surface area contributed by atoms with Crippen LogP contribution in [-0.2, 0) is 14.3 Å². The van der Waals surface area contributed by atoms with Crippen molar-refractivity contribution in [2.75, 3.05) is 33.0 Å². The Hall–Kier alpha value is -0.490. The smallest absolute Gasteiger partial charge is 0.189 e. The van der Waals surface area contributed by atoms with Crippen LogP contribution in [0.1, 0.15) is 53.4 Å². The molecule has 0 aromatic carbocycles. The highest BCUT2D eigenvalue weighted by Crippen LogP contribution is 2.15. The fourth-order valence-electron chi connectivity index (χ4n) is 2.08. The lowest BCUT2D eigenvalue weighted by Crippen LogP contribution is -2.40. The molecule has 0 amide bonds. The van der Waals surface area contributed by atoms with E-state index in [1.54, 1.807) is 13.8 Å². The average molecular weight is 303 g/mol. The number of carbonyl (C=O) groups is 1. The van der Waals surface area contributed by atoms with Gasteiger partial charge in [-0.3, -0.25) is 4.79 Å². The van der Waals surface area contributed by atoms with Crippen molar-refractivity contribution in [3.8, 4) is 0 Å². The zero-order valence-electron chi connectivity index (χ0n) is 14.1. The molecule has 0 saturated heterocycles. The highest BCUT2D eigenvalue weighted by atomic mass is 16.5. The summed E-state index contributed by atoms with van der Waals surface area (Å²) in [5.74, 6) is -0.247. The second-order valence-corrected chi connectivity index (χ2v) is 5.29. The standard InChI is InChI=1S/C16H33NO4/c1-5-14(6-2)17-9-10-20-11-12-21-13-15(18)16(19,7-3)8-4/h14,17,19H,5-13H2,1-4H3. The van der Waals surface area contributed by atoms with Crippen molar-refractivity contribution in [3.63, 3.8) is 0 Å². The number of rotatable bonds is 14. The van der Waals surface area contributed by atoms with E-state index in [2.05, 4.69) is 19.2 Å².